The van der Waals surface area contributed by atoms with Crippen LogP contribution in [0.3, 0.4) is 0 Å². The van der Waals surface area contributed by atoms with Crippen LogP contribution in [0.4, 0.5) is 17.1 Å². The Morgan fingerprint density at radius 1 is 0.423 bits per heavy atom. The highest BCUT2D eigenvalue weighted by molar-refractivity contribution is 7.25. The fraction of sp³-hybridized carbons (Fsp3) is 0.0400. The fourth-order valence-electron chi connectivity index (χ4n) is 9.27. The van der Waals surface area contributed by atoms with Crippen molar-refractivity contribution in [3.8, 4) is 22.3 Å². The molecule has 0 amide bonds. The Bertz CT molecular complexity index is 2780. The van der Waals surface area contributed by atoms with Crippen LogP contribution in [0.25, 0.3) is 42.4 Å². The number of benzene rings is 8. The van der Waals surface area contributed by atoms with Gasteiger partial charge >= 0.3 is 0 Å². The summed E-state index contributed by atoms with van der Waals surface area (Å²) in [5.74, 6) is 0. The molecule has 1 aromatic heterocycles. The molecule has 0 saturated heterocycles. The Balaban J connectivity index is 1.25. The number of para-hydroxylation sites is 1. The molecule has 0 atom stereocenters. The summed E-state index contributed by atoms with van der Waals surface area (Å²) in [5.41, 5.74) is 16.3. The number of hydrogen-bond donors (Lipinski definition) is 0. The Hall–Kier alpha value is -6.22. The van der Waals surface area contributed by atoms with Gasteiger partial charge < -0.3 is 4.90 Å². The van der Waals surface area contributed by atoms with E-state index in [4.69, 9.17) is 0 Å². The normalized spacial score (nSPS) is 13.2. The average molecular weight is 680 g/mol. The van der Waals surface area contributed by atoms with E-state index < -0.39 is 5.41 Å². The van der Waals surface area contributed by atoms with Crippen molar-refractivity contribution in [2.75, 3.05) is 4.90 Å². The van der Waals surface area contributed by atoms with Crippen molar-refractivity contribution >= 4 is 48.6 Å². The van der Waals surface area contributed by atoms with Crippen LogP contribution in [0, 0.1) is 0 Å². The monoisotopic (exact) mass is 679 g/mol. The minimum Gasteiger partial charge on any atom is -0.310 e. The van der Waals surface area contributed by atoms with E-state index >= 15 is 0 Å². The van der Waals surface area contributed by atoms with Gasteiger partial charge in [0.15, 0.2) is 0 Å². The van der Waals surface area contributed by atoms with Gasteiger partial charge in [-0.05, 0) is 92.9 Å². The van der Waals surface area contributed by atoms with Crippen LogP contribution in [-0.4, -0.2) is 0 Å². The number of fused-ring (bicyclic) bond motifs is 13. The van der Waals surface area contributed by atoms with Gasteiger partial charge in [0, 0.05) is 37.1 Å². The molecule has 8 aromatic carbocycles. The second kappa shape index (κ2) is 11.4. The van der Waals surface area contributed by atoms with E-state index in [2.05, 4.69) is 193 Å². The molecule has 11 rings (SSSR count). The van der Waals surface area contributed by atoms with Gasteiger partial charge in [-0.25, -0.2) is 0 Å². The van der Waals surface area contributed by atoms with Gasteiger partial charge in [-0.2, -0.15) is 0 Å². The molecule has 2 aliphatic rings. The van der Waals surface area contributed by atoms with Crippen molar-refractivity contribution in [1.82, 2.24) is 0 Å². The summed E-state index contributed by atoms with van der Waals surface area (Å²) in [4.78, 5) is 2.57. The topological polar surface area (TPSA) is 3.24 Å². The van der Waals surface area contributed by atoms with Gasteiger partial charge in [0.2, 0.25) is 0 Å². The number of rotatable bonds is 5. The Kier molecular flexibility index (Phi) is 6.47. The standard InChI is InChI=1S/C50H33NS/c1-2-15-33(16-3-1)31-34-17-4-12-26-45(34)51(35-29-30-48-41(32-35)39-21-8-13-28-47(39)52-48)46-27-14-22-40-38-20-7-11-25-44(38)50(49(40)46)42-23-9-5-18-36(42)37-19-6-10-24-43(37)50/h1-30,32H,31H2. The van der Waals surface area contributed by atoms with E-state index in [0.717, 1.165) is 12.1 Å². The van der Waals surface area contributed by atoms with Crippen LogP contribution in [0.5, 0.6) is 0 Å². The molecule has 0 bridgehead atoms. The first kappa shape index (κ1) is 29.5. The third kappa shape index (κ3) is 4.10. The molecule has 0 aliphatic heterocycles. The largest absolute Gasteiger partial charge is 0.310 e. The number of thiophene rings is 1. The van der Waals surface area contributed by atoms with Gasteiger partial charge in [-0.15, -0.1) is 11.3 Å². The van der Waals surface area contributed by atoms with Crippen molar-refractivity contribution in [3.63, 3.8) is 0 Å². The molecule has 9 aromatic rings. The fourth-order valence-corrected chi connectivity index (χ4v) is 10.4. The summed E-state index contributed by atoms with van der Waals surface area (Å²) in [6.45, 7) is 0. The first-order valence-corrected chi connectivity index (χ1v) is 18.9. The van der Waals surface area contributed by atoms with Gasteiger partial charge in [0.05, 0.1) is 11.1 Å². The lowest BCUT2D eigenvalue weighted by Crippen LogP contribution is -2.28. The van der Waals surface area contributed by atoms with Crippen molar-refractivity contribution in [2.24, 2.45) is 0 Å². The highest BCUT2D eigenvalue weighted by Gasteiger charge is 2.53. The molecule has 244 valence electrons. The molecule has 0 saturated carbocycles. The highest BCUT2D eigenvalue weighted by Crippen LogP contribution is 2.65. The van der Waals surface area contributed by atoms with E-state index in [1.807, 2.05) is 11.3 Å². The molecular weight excluding hydrogens is 647 g/mol. The quantitative estimate of drug-likeness (QED) is 0.175. The van der Waals surface area contributed by atoms with E-state index in [9.17, 15) is 0 Å². The number of anilines is 3. The summed E-state index contributed by atoms with van der Waals surface area (Å²) in [6.07, 6.45) is 0.837. The molecule has 52 heavy (non-hydrogen) atoms. The van der Waals surface area contributed by atoms with E-state index in [0.29, 0.717) is 0 Å². The number of nitrogens with zero attached hydrogens (tertiary/aromatic N) is 1. The maximum Gasteiger partial charge on any atom is 0.0746 e. The van der Waals surface area contributed by atoms with Crippen LogP contribution in [0.15, 0.2) is 188 Å². The summed E-state index contributed by atoms with van der Waals surface area (Å²) in [5, 5.41) is 2.61. The average Bonchev–Trinajstić information content (AvgIpc) is 3.83. The van der Waals surface area contributed by atoms with E-state index in [-0.39, 0.29) is 0 Å². The second-order valence-electron chi connectivity index (χ2n) is 14.0. The van der Waals surface area contributed by atoms with E-state index in [1.54, 1.807) is 0 Å². The van der Waals surface area contributed by atoms with E-state index in [1.165, 1.54) is 87.2 Å². The molecule has 1 heterocycles. The molecule has 0 radical (unpaired) electrons. The minimum atomic E-state index is -0.471. The van der Waals surface area contributed by atoms with Crippen molar-refractivity contribution < 1.29 is 0 Å². The zero-order chi connectivity index (χ0) is 34.2. The van der Waals surface area contributed by atoms with Crippen molar-refractivity contribution in [3.05, 3.63) is 221 Å². The van der Waals surface area contributed by atoms with Crippen LogP contribution in [0.2, 0.25) is 0 Å². The van der Waals surface area contributed by atoms with Crippen LogP contribution in [0.1, 0.15) is 33.4 Å². The summed E-state index contributed by atoms with van der Waals surface area (Å²) < 4.78 is 2.63. The second-order valence-corrected chi connectivity index (χ2v) is 15.1. The molecule has 1 nitrogen and oxygen atoms in total. The first-order chi connectivity index (χ1) is 25.8. The molecule has 0 unspecified atom stereocenters. The lowest BCUT2D eigenvalue weighted by Gasteiger charge is -2.36. The first-order valence-electron chi connectivity index (χ1n) is 18.1. The minimum absolute atomic E-state index is 0.471. The third-order valence-electron chi connectivity index (χ3n) is 11.3. The molecule has 1 spiro atoms. The predicted octanol–water partition coefficient (Wildman–Crippen LogP) is 13.5. The highest BCUT2D eigenvalue weighted by atomic mass is 32.1. The van der Waals surface area contributed by atoms with Crippen LogP contribution in [-0.2, 0) is 11.8 Å². The Morgan fingerprint density at radius 2 is 0.981 bits per heavy atom. The van der Waals surface area contributed by atoms with Gasteiger partial charge in [0.1, 0.15) is 0 Å². The summed E-state index contributed by atoms with van der Waals surface area (Å²) in [7, 11) is 0. The predicted molar refractivity (Wildman–Crippen MR) is 220 cm³/mol. The molecule has 2 aliphatic carbocycles. The summed E-state index contributed by atoms with van der Waals surface area (Å²) >= 11 is 1.87. The molecule has 0 N–H and O–H groups in total. The SMILES string of the molecule is c1ccc(Cc2ccccc2N(c2ccc3sc4ccccc4c3c2)c2cccc3c2C2(c4ccccc4-c4ccccc42)c2ccccc2-3)cc1. The maximum absolute atomic E-state index is 2.57. The smallest absolute Gasteiger partial charge is 0.0746 e. The summed E-state index contributed by atoms with van der Waals surface area (Å²) in [6, 6.07) is 70.1. The van der Waals surface area contributed by atoms with Gasteiger partial charge in [0.25, 0.3) is 0 Å². The molecular formula is C50H33NS. The third-order valence-corrected chi connectivity index (χ3v) is 12.5. The Morgan fingerprint density at radius 3 is 1.73 bits per heavy atom. The zero-order valence-corrected chi connectivity index (χ0v) is 29.3. The van der Waals surface area contributed by atoms with Crippen molar-refractivity contribution in [2.45, 2.75) is 11.8 Å². The van der Waals surface area contributed by atoms with Crippen LogP contribution >= 0.6 is 11.3 Å². The maximum atomic E-state index is 2.57. The lowest BCUT2D eigenvalue weighted by molar-refractivity contribution is 0.793. The van der Waals surface area contributed by atoms with Gasteiger partial charge in [-0.3, -0.25) is 0 Å². The van der Waals surface area contributed by atoms with Crippen LogP contribution < -0.4 is 4.90 Å². The number of hydrogen-bond acceptors (Lipinski definition) is 2. The zero-order valence-electron chi connectivity index (χ0n) is 28.5. The molecule has 2 heteroatoms. The molecule has 0 fully saturated rings. The Labute approximate surface area is 307 Å². The van der Waals surface area contributed by atoms with Crippen molar-refractivity contribution in [1.29, 1.82) is 0 Å². The lowest BCUT2D eigenvalue weighted by atomic mass is 9.70. The van der Waals surface area contributed by atoms with Gasteiger partial charge in [-0.1, -0.05) is 152 Å².